The lowest BCUT2D eigenvalue weighted by atomic mass is 10.0. The predicted molar refractivity (Wildman–Crippen MR) is 142 cm³/mol. The highest BCUT2D eigenvalue weighted by Gasteiger charge is 2.20. The zero-order valence-corrected chi connectivity index (χ0v) is 21.3. The smallest absolute Gasteiger partial charge is 0.255 e. The molecule has 9 heteroatoms. The van der Waals surface area contributed by atoms with Crippen molar-refractivity contribution < 1.29 is 23.8 Å². The van der Waals surface area contributed by atoms with E-state index in [1.54, 1.807) is 19.3 Å². The number of carbonyl (C=O) groups is 1. The minimum atomic E-state index is -0.213. The van der Waals surface area contributed by atoms with Gasteiger partial charge in [0.2, 0.25) is 5.69 Å². The van der Waals surface area contributed by atoms with Crippen LogP contribution in [0.2, 0.25) is 0 Å². The number of ether oxygens (including phenoxy) is 2. The van der Waals surface area contributed by atoms with Crippen LogP contribution in [0.4, 0.5) is 5.69 Å². The van der Waals surface area contributed by atoms with Crippen molar-refractivity contribution in [1.82, 2.24) is 14.9 Å². The molecule has 0 spiro atoms. The molecule has 1 aliphatic rings. The number of aromatic nitrogens is 2. The second kappa shape index (κ2) is 11.0. The number of amides is 1. The lowest BCUT2D eigenvalue weighted by Crippen LogP contribution is -2.29. The highest BCUT2D eigenvalue weighted by molar-refractivity contribution is 5.95. The summed E-state index contributed by atoms with van der Waals surface area (Å²) in [5.74, 6) is 0.889. The number of benzene rings is 1. The summed E-state index contributed by atoms with van der Waals surface area (Å²) >= 11 is 0. The first-order valence-corrected chi connectivity index (χ1v) is 12.5. The molecule has 1 saturated heterocycles. The topological polar surface area (TPSA) is 102 Å². The van der Waals surface area contributed by atoms with Gasteiger partial charge >= 0.3 is 0 Å². The highest BCUT2D eigenvalue weighted by atomic mass is 16.5. The number of pyridine rings is 2. The van der Waals surface area contributed by atoms with E-state index in [2.05, 4.69) is 14.8 Å². The molecule has 0 aliphatic carbocycles. The Labute approximate surface area is 220 Å². The first-order valence-electron chi connectivity index (χ1n) is 12.5. The summed E-state index contributed by atoms with van der Waals surface area (Å²) in [5, 5.41) is 9.11. The van der Waals surface area contributed by atoms with Gasteiger partial charge in [-0.3, -0.25) is 14.8 Å². The Morgan fingerprint density at radius 2 is 2.03 bits per heavy atom. The van der Waals surface area contributed by atoms with Gasteiger partial charge in [0.1, 0.15) is 23.1 Å². The number of rotatable bonds is 7. The maximum atomic E-state index is 12.6. The zero-order valence-electron chi connectivity index (χ0n) is 21.3. The molecule has 1 fully saturated rings. The maximum Gasteiger partial charge on any atom is 0.255 e. The summed E-state index contributed by atoms with van der Waals surface area (Å²) in [6, 6.07) is 11.0. The molecule has 3 aromatic heterocycles. The first-order chi connectivity index (χ1) is 18.5. The number of hydrogen-bond donors (Lipinski definition) is 1. The van der Waals surface area contributed by atoms with Crippen LogP contribution in [0.5, 0.6) is 5.75 Å². The van der Waals surface area contributed by atoms with E-state index in [9.17, 15) is 4.79 Å². The predicted octanol–water partition coefficient (Wildman–Crippen LogP) is 5.04. The summed E-state index contributed by atoms with van der Waals surface area (Å²) < 4.78 is 17.8. The van der Waals surface area contributed by atoms with Gasteiger partial charge < -0.3 is 23.9 Å². The SMILES string of the molecule is [C-]#[N+]c1cc(-c2ccnc3cc(-c4ncc(C(=O)N(C)CCO)cc4C)oc23)ccc1OC1CCOCC1. The van der Waals surface area contributed by atoms with Crippen LogP contribution in [-0.2, 0) is 4.74 Å². The molecule has 4 heterocycles. The van der Waals surface area contributed by atoms with Gasteiger partial charge in [-0.05, 0) is 42.3 Å². The number of aliphatic hydroxyl groups excluding tert-OH is 1. The number of likely N-dealkylation sites (N-methyl/N-ethyl adjacent to an activating group) is 1. The molecule has 0 radical (unpaired) electrons. The Balaban J connectivity index is 1.46. The van der Waals surface area contributed by atoms with Crippen molar-refractivity contribution in [1.29, 1.82) is 0 Å². The molecule has 0 bridgehead atoms. The molecular formula is C29H28N4O5. The second-order valence-electron chi connectivity index (χ2n) is 9.25. The fraction of sp³-hybridized carbons (Fsp3) is 0.310. The van der Waals surface area contributed by atoms with Crippen LogP contribution < -0.4 is 4.74 Å². The third-order valence-electron chi connectivity index (χ3n) is 6.60. The van der Waals surface area contributed by atoms with Crippen molar-refractivity contribution in [3.8, 4) is 28.3 Å². The van der Waals surface area contributed by atoms with E-state index < -0.39 is 0 Å². The van der Waals surface area contributed by atoms with Crippen LogP contribution in [-0.4, -0.2) is 65.4 Å². The Hall–Kier alpha value is -4.26. The molecule has 1 aromatic carbocycles. The van der Waals surface area contributed by atoms with Crippen LogP contribution in [0.15, 0.2) is 53.2 Å². The van der Waals surface area contributed by atoms with Crippen molar-refractivity contribution in [3.05, 3.63) is 71.3 Å². The Morgan fingerprint density at radius 3 is 2.76 bits per heavy atom. The molecule has 9 nitrogen and oxygen atoms in total. The quantitative estimate of drug-likeness (QED) is 0.346. The van der Waals surface area contributed by atoms with Gasteiger partial charge in [0, 0.05) is 50.5 Å². The second-order valence-corrected chi connectivity index (χ2v) is 9.25. The number of aliphatic hydroxyl groups is 1. The third-order valence-corrected chi connectivity index (χ3v) is 6.60. The number of furan rings is 1. The summed E-state index contributed by atoms with van der Waals surface area (Å²) in [6.07, 6.45) is 4.88. The van der Waals surface area contributed by atoms with Gasteiger partial charge in [0.15, 0.2) is 11.3 Å². The monoisotopic (exact) mass is 512 g/mol. The molecule has 0 saturated carbocycles. The van der Waals surface area contributed by atoms with Crippen LogP contribution >= 0.6 is 0 Å². The summed E-state index contributed by atoms with van der Waals surface area (Å²) in [4.78, 5) is 26.7. The van der Waals surface area contributed by atoms with Gasteiger partial charge in [-0.25, -0.2) is 4.85 Å². The largest absolute Gasteiger partial charge is 0.501 e. The first kappa shape index (κ1) is 25.4. The van der Waals surface area contributed by atoms with Crippen LogP contribution in [0.3, 0.4) is 0 Å². The lowest BCUT2D eigenvalue weighted by molar-refractivity contribution is 0.0259. The lowest BCUT2D eigenvalue weighted by Gasteiger charge is -2.24. The molecule has 194 valence electrons. The van der Waals surface area contributed by atoms with Crippen molar-refractivity contribution in [2.45, 2.75) is 25.9 Å². The molecule has 1 amide bonds. The molecule has 4 aromatic rings. The van der Waals surface area contributed by atoms with E-state index in [1.807, 2.05) is 37.3 Å². The third kappa shape index (κ3) is 5.09. The van der Waals surface area contributed by atoms with Gasteiger partial charge in [-0.15, -0.1) is 0 Å². The van der Waals surface area contributed by atoms with Crippen molar-refractivity contribution in [2.24, 2.45) is 0 Å². The highest BCUT2D eigenvalue weighted by Crippen LogP contribution is 2.38. The molecule has 38 heavy (non-hydrogen) atoms. The molecule has 0 atom stereocenters. The summed E-state index contributed by atoms with van der Waals surface area (Å²) in [6.45, 7) is 11.0. The average molecular weight is 513 g/mol. The minimum absolute atomic E-state index is 0.0443. The average Bonchev–Trinajstić information content (AvgIpc) is 3.38. The van der Waals surface area contributed by atoms with E-state index in [0.717, 1.165) is 29.5 Å². The number of hydrogen-bond acceptors (Lipinski definition) is 7. The Kier molecular flexibility index (Phi) is 7.36. The molecule has 1 N–H and O–H groups in total. The van der Waals surface area contributed by atoms with E-state index in [-0.39, 0.29) is 25.2 Å². The van der Waals surface area contributed by atoms with Crippen LogP contribution in [0.1, 0.15) is 28.8 Å². The summed E-state index contributed by atoms with van der Waals surface area (Å²) in [5.41, 5.74) is 5.13. The van der Waals surface area contributed by atoms with Crippen molar-refractivity contribution in [2.75, 3.05) is 33.4 Å². The van der Waals surface area contributed by atoms with Crippen molar-refractivity contribution in [3.63, 3.8) is 0 Å². The fourth-order valence-electron chi connectivity index (χ4n) is 4.55. The van der Waals surface area contributed by atoms with Gasteiger partial charge in [-0.2, -0.15) is 0 Å². The van der Waals surface area contributed by atoms with E-state index in [1.165, 1.54) is 11.1 Å². The molecule has 5 rings (SSSR count). The maximum absolute atomic E-state index is 12.6. The van der Waals surface area contributed by atoms with Gasteiger partial charge in [-0.1, -0.05) is 6.07 Å². The molecule has 0 unspecified atom stereocenters. The van der Waals surface area contributed by atoms with E-state index >= 15 is 0 Å². The number of nitrogens with zero attached hydrogens (tertiary/aromatic N) is 4. The zero-order chi connectivity index (χ0) is 26.6. The number of fused-ring (bicyclic) bond motifs is 1. The number of aryl methyl sites for hydroxylation is 1. The Bertz CT molecular complexity index is 1520. The number of carbonyl (C=O) groups excluding carboxylic acids is 1. The standard InChI is InChI=1S/C29H28N4O5/c1-18-14-20(29(35)33(3)10-11-34)17-32-27(18)26-16-24-28(38-26)22(6-9-31-24)19-4-5-25(23(15-19)30-2)37-21-7-12-36-13-8-21/h4-6,9,14-17,21,34H,7-8,10-13H2,1,3H3. The van der Waals surface area contributed by atoms with Crippen LogP contribution in [0.25, 0.3) is 38.5 Å². The van der Waals surface area contributed by atoms with E-state index in [4.69, 9.17) is 25.6 Å². The van der Waals surface area contributed by atoms with E-state index in [0.29, 0.717) is 52.8 Å². The summed E-state index contributed by atoms with van der Waals surface area (Å²) in [7, 11) is 1.64. The van der Waals surface area contributed by atoms with Gasteiger partial charge in [0.05, 0.1) is 32.0 Å². The van der Waals surface area contributed by atoms with Crippen molar-refractivity contribution >= 4 is 22.7 Å². The fourth-order valence-corrected chi connectivity index (χ4v) is 4.55. The van der Waals surface area contributed by atoms with Gasteiger partial charge in [0.25, 0.3) is 5.91 Å². The minimum Gasteiger partial charge on any atom is -0.501 e. The Morgan fingerprint density at radius 1 is 1.21 bits per heavy atom. The van der Waals surface area contributed by atoms with Crippen LogP contribution in [0, 0.1) is 13.5 Å². The molecular weight excluding hydrogens is 484 g/mol. The molecule has 1 aliphatic heterocycles. The normalized spacial score (nSPS) is 13.8.